The van der Waals surface area contributed by atoms with Crippen LogP contribution in [0.2, 0.25) is 0 Å². The van der Waals surface area contributed by atoms with Crippen LogP contribution in [0, 0.1) is 0 Å². The minimum atomic E-state index is -0.190. The van der Waals surface area contributed by atoms with E-state index in [9.17, 15) is 0 Å². The summed E-state index contributed by atoms with van der Waals surface area (Å²) in [6, 6.07) is 16.2. The van der Waals surface area contributed by atoms with E-state index in [1.165, 1.54) is 0 Å². The summed E-state index contributed by atoms with van der Waals surface area (Å²) < 4.78 is 11.4. The number of hydrogen-bond acceptors (Lipinski definition) is 3. The molecule has 1 heterocycles. The van der Waals surface area contributed by atoms with Crippen molar-refractivity contribution in [3.05, 3.63) is 54.1 Å². The molecular formula is C18H19NO2. The molecule has 1 aliphatic heterocycles. The topological polar surface area (TPSA) is 30.8 Å². The predicted octanol–water partition coefficient (Wildman–Crippen LogP) is 3.92. The van der Waals surface area contributed by atoms with Crippen LogP contribution in [-0.2, 0) is 4.74 Å². The summed E-state index contributed by atoms with van der Waals surface area (Å²) in [6.45, 7) is 4.73. The van der Waals surface area contributed by atoms with Gasteiger partial charge in [-0.15, -0.1) is 0 Å². The van der Waals surface area contributed by atoms with Gasteiger partial charge in [0.2, 0.25) is 5.90 Å². The molecule has 0 amide bonds. The summed E-state index contributed by atoms with van der Waals surface area (Å²) in [4.78, 5) is 4.70. The minimum absolute atomic E-state index is 0.190. The molecule has 0 atom stereocenters. The lowest BCUT2D eigenvalue weighted by atomic mass is 9.98. The molecule has 3 rings (SSSR count). The van der Waals surface area contributed by atoms with Gasteiger partial charge in [0.1, 0.15) is 12.4 Å². The van der Waals surface area contributed by atoms with Crippen LogP contribution in [0.1, 0.15) is 19.4 Å². The Morgan fingerprint density at radius 1 is 1.05 bits per heavy atom. The third kappa shape index (κ3) is 2.64. The summed E-state index contributed by atoms with van der Waals surface area (Å²) in [6.07, 6.45) is 0. The zero-order valence-corrected chi connectivity index (χ0v) is 12.6. The molecule has 0 bridgehead atoms. The van der Waals surface area contributed by atoms with E-state index >= 15 is 0 Å². The van der Waals surface area contributed by atoms with E-state index in [4.69, 9.17) is 14.5 Å². The average molecular weight is 281 g/mol. The Bertz CT molecular complexity index is 675. The molecular weight excluding hydrogens is 262 g/mol. The maximum Gasteiger partial charge on any atom is 0.221 e. The van der Waals surface area contributed by atoms with Gasteiger partial charge in [-0.05, 0) is 31.0 Å². The molecule has 21 heavy (non-hydrogen) atoms. The van der Waals surface area contributed by atoms with Crippen molar-refractivity contribution >= 4 is 5.90 Å². The van der Waals surface area contributed by atoms with E-state index in [0.29, 0.717) is 12.5 Å². The molecule has 2 aromatic carbocycles. The van der Waals surface area contributed by atoms with Crippen LogP contribution in [0.3, 0.4) is 0 Å². The third-order valence-electron chi connectivity index (χ3n) is 3.51. The van der Waals surface area contributed by atoms with Crippen LogP contribution >= 0.6 is 0 Å². The Morgan fingerprint density at radius 3 is 2.43 bits per heavy atom. The van der Waals surface area contributed by atoms with Gasteiger partial charge in [0.05, 0.1) is 18.2 Å². The summed E-state index contributed by atoms with van der Waals surface area (Å²) in [5.74, 6) is 1.45. The fraction of sp³-hybridized carbons (Fsp3) is 0.278. The van der Waals surface area contributed by atoms with E-state index in [1.54, 1.807) is 7.11 Å². The van der Waals surface area contributed by atoms with Crippen LogP contribution in [0.5, 0.6) is 5.75 Å². The first kappa shape index (κ1) is 13.7. The lowest BCUT2D eigenvalue weighted by molar-refractivity contribution is 0.278. The van der Waals surface area contributed by atoms with E-state index in [-0.39, 0.29) is 5.54 Å². The van der Waals surface area contributed by atoms with Crippen LogP contribution in [0.4, 0.5) is 0 Å². The molecule has 0 N–H and O–H groups in total. The molecule has 0 saturated carbocycles. The number of aliphatic imine (C=N–C) groups is 1. The third-order valence-corrected chi connectivity index (χ3v) is 3.51. The predicted molar refractivity (Wildman–Crippen MR) is 85.0 cm³/mol. The summed E-state index contributed by atoms with van der Waals surface area (Å²) in [5, 5.41) is 0. The maximum absolute atomic E-state index is 5.83. The van der Waals surface area contributed by atoms with Gasteiger partial charge < -0.3 is 9.47 Å². The van der Waals surface area contributed by atoms with E-state index in [2.05, 4.69) is 32.0 Å². The molecule has 2 aromatic rings. The Hall–Kier alpha value is -2.29. The fourth-order valence-electron chi connectivity index (χ4n) is 2.49. The van der Waals surface area contributed by atoms with Crippen LogP contribution in [-0.4, -0.2) is 25.2 Å². The molecule has 0 aliphatic carbocycles. The normalized spacial score (nSPS) is 16.2. The maximum atomic E-state index is 5.83. The van der Waals surface area contributed by atoms with Crippen molar-refractivity contribution in [1.82, 2.24) is 0 Å². The number of benzene rings is 2. The first-order valence-electron chi connectivity index (χ1n) is 7.06. The fourth-order valence-corrected chi connectivity index (χ4v) is 2.49. The van der Waals surface area contributed by atoms with Crippen molar-refractivity contribution in [1.29, 1.82) is 0 Å². The molecule has 0 unspecified atom stereocenters. The summed E-state index contributed by atoms with van der Waals surface area (Å²) in [7, 11) is 1.67. The van der Waals surface area contributed by atoms with Gasteiger partial charge >= 0.3 is 0 Å². The Kier molecular flexibility index (Phi) is 3.42. The highest BCUT2D eigenvalue weighted by Gasteiger charge is 2.30. The zero-order valence-electron chi connectivity index (χ0n) is 12.6. The number of nitrogens with zero attached hydrogens (tertiary/aromatic N) is 1. The second kappa shape index (κ2) is 5.24. The molecule has 1 aliphatic rings. The second-order valence-corrected chi connectivity index (χ2v) is 5.77. The first-order chi connectivity index (χ1) is 10.1. The van der Waals surface area contributed by atoms with Crippen LogP contribution < -0.4 is 4.74 Å². The van der Waals surface area contributed by atoms with Crippen molar-refractivity contribution in [3.63, 3.8) is 0 Å². The minimum Gasteiger partial charge on any atom is -0.496 e. The standard InChI is InChI=1S/C18H19NO2/c1-18(2)12-21-17(19-18)16-14(10-7-11-15(16)20-3)13-8-5-4-6-9-13/h4-11H,12H2,1-3H3. The van der Waals surface area contributed by atoms with Gasteiger partial charge in [-0.2, -0.15) is 0 Å². The second-order valence-electron chi connectivity index (χ2n) is 5.77. The van der Waals surface area contributed by atoms with Gasteiger partial charge in [-0.1, -0.05) is 42.5 Å². The van der Waals surface area contributed by atoms with E-state index in [0.717, 1.165) is 22.4 Å². The van der Waals surface area contributed by atoms with Crippen molar-refractivity contribution in [3.8, 4) is 16.9 Å². The largest absolute Gasteiger partial charge is 0.496 e. The van der Waals surface area contributed by atoms with Crippen LogP contribution in [0.25, 0.3) is 11.1 Å². The highest BCUT2D eigenvalue weighted by atomic mass is 16.5. The molecule has 0 saturated heterocycles. The Balaban J connectivity index is 2.19. The number of ether oxygens (including phenoxy) is 2. The van der Waals surface area contributed by atoms with E-state index in [1.807, 2.05) is 30.3 Å². The van der Waals surface area contributed by atoms with Crippen molar-refractivity contribution in [2.45, 2.75) is 19.4 Å². The van der Waals surface area contributed by atoms with Gasteiger partial charge in [0, 0.05) is 0 Å². The average Bonchev–Trinajstić information content (AvgIpc) is 2.87. The quantitative estimate of drug-likeness (QED) is 0.853. The number of rotatable bonds is 3. The molecule has 3 nitrogen and oxygen atoms in total. The monoisotopic (exact) mass is 281 g/mol. The van der Waals surface area contributed by atoms with Crippen molar-refractivity contribution < 1.29 is 9.47 Å². The summed E-state index contributed by atoms with van der Waals surface area (Å²) >= 11 is 0. The lowest BCUT2D eigenvalue weighted by Gasteiger charge is -2.13. The van der Waals surface area contributed by atoms with Gasteiger partial charge in [-0.25, -0.2) is 4.99 Å². The van der Waals surface area contributed by atoms with Crippen molar-refractivity contribution in [2.75, 3.05) is 13.7 Å². The van der Waals surface area contributed by atoms with Crippen LogP contribution in [0.15, 0.2) is 53.5 Å². The SMILES string of the molecule is COc1cccc(-c2ccccc2)c1C1=NC(C)(C)CO1. The lowest BCUT2D eigenvalue weighted by Crippen LogP contribution is -2.17. The first-order valence-corrected chi connectivity index (χ1v) is 7.06. The highest BCUT2D eigenvalue weighted by Crippen LogP contribution is 2.34. The molecule has 0 fully saturated rings. The van der Waals surface area contributed by atoms with Gasteiger partial charge in [-0.3, -0.25) is 0 Å². The number of methoxy groups -OCH3 is 1. The molecule has 108 valence electrons. The molecule has 0 aromatic heterocycles. The highest BCUT2D eigenvalue weighted by molar-refractivity contribution is 6.04. The molecule has 0 spiro atoms. The molecule has 0 radical (unpaired) electrons. The Labute approximate surface area is 125 Å². The van der Waals surface area contributed by atoms with E-state index < -0.39 is 0 Å². The zero-order chi connectivity index (χ0) is 14.9. The summed E-state index contributed by atoms with van der Waals surface area (Å²) in [5.41, 5.74) is 2.94. The van der Waals surface area contributed by atoms with Gasteiger partial charge in [0.25, 0.3) is 0 Å². The molecule has 3 heteroatoms. The van der Waals surface area contributed by atoms with Gasteiger partial charge in [0.15, 0.2) is 0 Å². The van der Waals surface area contributed by atoms with Crippen molar-refractivity contribution in [2.24, 2.45) is 4.99 Å². The Morgan fingerprint density at radius 2 is 1.81 bits per heavy atom. The number of hydrogen-bond donors (Lipinski definition) is 0. The smallest absolute Gasteiger partial charge is 0.221 e.